The standard InChI is InChI=1S/C22H36N4O2/c1-4-28-21-16-18(9-10-20(21)27-3)8-7-12-24-22(23-2)26-15-11-19(17-26)25-13-5-6-14-25/h9-10,16,19H,4-8,11-15,17H2,1-3H3,(H,23,24). The highest BCUT2D eigenvalue weighted by Crippen LogP contribution is 2.28. The number of nitrogens with one attached hydrogen (secondary N) is 1. The summed E-state index contributed by atoms with van der Waals surface area (Å²) in [6.07, 6.45) is 6.04. The Labute approximate surface area is 169 Å². The van der Waals surface area contributed by atoms with Crippen LogP contribution in [0.15, 0.2) is 23.2 Å². The molecule has 0 spiro atoms. The lowest BCUT2D eigenvalue weighted by Gasteiger charge is -2.25. The molecule has 0 aliphatic carbocycles. The number of benzene rings is 1. The molecule has 1 aromatic rings. The van der Waals surface area contributed by atoms with Crippen molar-refractivity contribution < 1.29 is 9.47 Å². The summed E-state index contributed by atoms with van der Waals surface area (Å²) in [5.74, 6) is 2.67. The fourth-order valence-electron chi connectivity index (χ4n) is 4.31. The molecule has 2 heterocycles. The van der Waals surface area contributed by atoms with E-state index in [1.54, 1.807) is 7.11 Å². The fraction of sp³-hybridized carbons (Fsp3) is 0.682. The van der Waals surface area contributed by atoms with E-state index in [-0.39, 0.29) is 0 Å². The van der Waals surface area contributed by atoms with Gasteiger partial charge in [-0.15, -0.1) is 0 Å². The Hall–Kier alpha value is -1.95. The zero-order valence-corrected chi connectivity index (χ0v) is 17.7. The van der Waals surface area contributed by atoms with Gasteiger partial charge in [-0.25, -0.2) is 0 Å². The van der Waals surface area contributed by atoms with Gasteiger partial charge in [-0.3, -0.25) is 9.89 Å². The van der Waals surface area contributed by atoms with Gasteiger partial charge < -0.3 is 19.7 Å². The van der Waals surface area contributed by atoms with Gasteiger partial charge in [0, 0.05) is 32.7 Å². The summed E-state index contributed by atoms with van der Waals surface area (Å²) < 4.78 is 11.0. The van der Waals surface area contributed by atoms with Crippen molar-refractivity contribution in [3.8, 4) is 11.5 Å². The summed E-state index contributed by atoms with van der Waals surface area (Å²) in [5.41, 5.74) is 1.27. The van der Waals surface area contributed by atoms with Gasteiger partial charge in [0.05, 0.1) is 13.7 Å². The van der Waals surface area contributed by atoms with Gasteiger partial charge in [0.25, 0.3) is 0 Å². The Balaban J connectivity index is 1.43. The molecule has 28 heavy (non-hydrogen) atoms. The lowest BCUT2D eigenvalue weighted by molar-refractivity contribution is 0.249. The van der Waals surface area contributed by atoms with Crippen LogP contribution in [0.4, 0.5) is 0 Å². The third kappa shape index (κ3) is 5.31. The highest BCUT2D eigenvalue weighted by atomic mass is 16.5. The normalized spacial score (nSPS) is 20.6. The molecule has 0 amide bonds. The van der Waals surface area contributed by atoms with Crippen molar-refractivity contribution in [2.24, 2.45) is 4.99 Å². The Morgan fingerprint density at radius 3 is 2.75 bits per heavy atom. The van der Waals surface area contributed by atoms with Crippen LogP contribution in [0.2, 0.25) is 0 Å². The molecule has 0 saturated carbocycles. The maximum absolute atomic E-state index is 5.68. The average molecular weight is 389 g/mol. The van der Waals surface area contributed by atoms with Crippen molar-refractivity contribution in [3.05, 3.63) is 23.8 Å². The SMILES string of the molecule is CCOc1cc(CCCNC(=NC)N2CCC(N3CCCC3)C2)ccc1OC. The first-order chi connectivity index (χ1) is 13.7. The smallest absolute Gasteiger partial charge is 0.193 e. The molecule has 2 aliphatic rings. The second kappa shape index (κ2) is 10.6. The molecule has 6 heteroatoms. The van der Waals surface area contributed by atoms with Gasteiger partial charge in [0.1, 0.15) is 0 Å². The zero-order valence-electron chi connectivity index (χ0n) is 17.7. The van der Waals surface area contributed by atoms with E-state index in [4.69, 9.17) is 9.47 Å². The van der Waals surface area contributed by atoms with E-state index in [1.165, 1.54) is 37.9 Å². The number of hydrogen-bond acceptors (Lipinski definition) is 4. The number of hydrogen-bond donors (Lipinski definition) is 1. The van der Waals surface area contributed by atoms with Crippen molar-refractivity contribution in [2.45, 2.75) is 45.1 Å². The summed E-state index contributed by atoms with van der Waals surface area (Å²) in [5, 5.41) is 3.56. The number of aliphatic imine (C=N–C) groups is 1. The minimum absolute atomic E-state index is 0.645. The van der Waals surface area contributed by atoms with Crippen molar-refractivity contribution >= 4 is 5.96 Å². The summed E-state index contributed by atoms with van der Waals surface area (Å²) >= 11 is 0. The van der Waals surface area contributed by atoms with Crippen LogP contribution in [0, 0.1) is 0 Å². The van der Waals surface area contributed by atoms with Gasteiger partial charge in [0.15, 0.2) is 17.5 Å². The Morgan fingerprint density at radius 1 is 1.21 bits per heavy atom. The molecule has 1 aromatic carbocycles. The second-order valence-electron chi connectivity index (χ2n) is 7.63. The number of ether oxygens (including phenoxy) is 2. The van der Waals surface area contributed by atoms with Gasteiger partial charge in [-0.05, 0) is 69.8 Å². The molecule has 0 radical (unpaired) electrons. The Bertz CT molecular complexity index is 643. The van der Waals surface area contributed by atoms with Crippen molar-refractivity contribution in [1.29, 1.82) is 0 Å². The predicted molar refractivity (Wildman–Crippen MR) is 115 cm³/mol. The Kier molecular flexibility index (Phi) is 7.83. The van der Waals surface area contributed by atoms with Crippen LogP contribution in [0.1, 0.15) is 38.2 Å². The summed E-state index contributed by atoms with van der Waals surface area (Å²) in [4.78, 5) is 9.59. The number of aryl methyl sites for hydroxylation is 1. The topological polar surface area (TPSA) is 49.3 Å². The summed E-state index contributed by atoms with van der Waals surface area (Å²) in [6.45, 7) is 8.33. The molecule has 1 unspecified atom stereocenters. The number of rotatable bonds is 8. The molecule has 156 valence electrons. The van der Waals surface area contributed by atoms with Crippen LogP contribution in [0.25, 0.3) is 0 Å². The molecule has 0 bridgehead atoms. The first-order valence-corrected chi connectivity index (χ1v) is 10.7. The zero-order chi connectivity index (χ0) is 19.8. The highest BCUT2D eigenvalue weighted by molar-refractivity contribution is 5.80. The molecular weight excluding hydrogens is 352 g/mol. The van der Waals surface area contributed by atoms with E-state index >= 15 is 0 Å². The van der Waals surface area contributed by atoms with E-state index < -0.39 is 0 Å². The first kappa shape index (κ1) is 20.8. The lowest BCUT2D eigenvalue weighted by atomic mass is 10.1. The first-order valence-electron chi connectivity index (χ1n) is 10.7. The quantitative estimate of drug-likeness (QED) is 0.422. The Morgan fingerprint density at radius 2 is 2.04 bits per heavy atom. The van der Waals surface area contributed by atoms with Crippen molar-refractivity contribution in [1.82, 2.24) is 15.1 Å². The number of nitrogens with zero attached hydrogens (tertiary/aromatic N) is 3. The molecule has 2 saturated heterocycles. The predicted octanol–water partition coefficient (Wildman–Crippen LogP) is 2.77. The van der Waals surface area contributed by atoms with Crippen LogP contribution in [0.5, 0.6) is 11.5 Å². The minimum atomic E-state index is 0.645. The van der Waals surface area contributed by atoms with E-state index in [1.807, 2.05) is 20.0 Å². The molecule has 1 N–H and O–H groups in total. The third-order valence-electron chi connectivity index (χ3n) is 5.78. The molecule has 1 atom stereocenters. The van der Waals surface area contributed by atoms with Crippen LogP contribution in [0.3, 0.4) is 0 Å². The van der Waals surface area contributed by atoms with Gasteiger partial charge >= 0.3 is 0 Å². The van der Waals surface area contributed by atoms with Crippen LogP contribution in [-0.2, 0) is 6.42 Å². The largest absolute Gasteiger partial charge is 0.493 e. The second-order valence-corrected chi connectivity index (χ2v) is 7.63. The van der Waals surface area contributed by atoms with E-state index in [0.29, 0.717) is 12.6 Å². The lowest BCUT2D eigenvalue weighted by Crippen LogP contribution is -2.43. The maximum atomic E-state index is 5.68. The van der Waals surface area contributed by atoms with E-state index in [9.17, 15) is 0 Å². The molecule has 3 rings (SSSR count). The number of methoxy groups -OCH3 is 1. The van der Waals surface area contributed by atoms with E-state index in [0.717, 1.165) is 49.9 Å². The van der Waals surface area contributed by atoms with Crippen LogP contribution in [-0.4, -0.2) is 75.3 Å². The molecule has 2 aliphatic heterocycles. The summed E-state index contributed by atoms with van der Waals surface area (Å²) in [6, 6.07) is 6.92. The summed E-state index contributed by atoms with van der Waals surface area (Å²) in [7, 11) is 3.57. The number of likely N-dealkylation sites (tertiary alicyclic amines) is 2. The highest BCUT2D eigenvalue weighted by Gasteiger charge is 2.30. The van der Waals surface area contributed by atoms with Crippen LogP contribution >= 0.6 is 0 Å². The fourth-order valence-corrected chi connectivity index (χ4v) is 4.31. The van der Waals surface area contributed by atoms with Gasteiger partial charge in [0.2, 0.25) is 0 Å². The molecule has 2 fully saturated rings. The van der Waals surface area contributed by atoms with Crippen molar-refractivity contribution in [2.75, 3.05) is 53.5 Å². The van der Waals surface area contributed by atoms with E-state index in [2.05, 4.69) is 32.2 Å². The number of guanidine groups is 1. The third-order valence-corrected chi connectivity index (χ3v) is 5.78. The maximum Gasteiger partial charge on any atom is 0.193 e. The monoisotopic (exact) mass is 388 g/mol. The van der Waals surface area contributed by atoms with Gasteiger partial charge in [-0.2, -0.15) is 0 Å². The average Bonchev–Trinajstić information content (AvgIpc) is 3.40. The minimum Gasteiger partial charge on any atom is -0.493 e. The molecular formula is C22H36N4O2. The van der Waals surface area contributed by atoms with Crippen molar-refractivity contribution in [3.63, 3.8) is 0 Å². The molecule has 6 nitrogen and oxygen atoms in total. The van der Waals surface area contributed by atoms with Crippen LogP contribution < -0.4 is 14.8 Å². The van der Waals surface area contributed by atoms with Gasteiger partial charge in [-0.1, -0.05) is 6.07 Å². The molecule has 0 aromatic heterocycles.